The summed E-state index contributed by atoms with van der Waals surface area (Å²) in [6.45, 7) is 0.887. The fraction of sp³-hybridized carbons (Fsp3) is 0.0233. The summed E-state index contributed by atoms with van der Waals surface area (Å²) in [6, 6.07) is 53.4. The second-order valence-electron chi connectivity index (χ2n) is 11.9. The van der Waals surface area contributed by atoms with E-state index in [4.69, 9.17) is 0 Å². The average Bonchev–Trinajstić information content (AvgIpc) is 3.46. The highest BCUT2D eigenvalue weighted by atomic mass is 15.0. The number of para-hydroxylation sites is 1. The maximum atomic E-state index is 3.31. The summed E-state index contributed by atoms with van der Waals surface area (Å²) in [7, 11) is 0. The molecule has 9 rings (SSSR count). The number of fused-ring (bicyclic) bond motifs is 6. The Hall–Kier alpha value is -5.86. The molecule has 0 atom stereocenters. The molecule has 0 aliphatic carbocycles. The Balaban J connectivity index is 1.22. The van der Waals surface area contributed by atoms with Crippen LogP contribution in [0.25, 0.3) is 76.9 Å². The van der Waals surface area contributed by atoms with Crippen LogP contribution in [0.15, 0.2) is 164 Å². The Morgan fingerprint density at radius 1 is 0.467 bits per heavy atom. The molecule has 1 aliphatic rings. The fourth-order valence-corrected chi connectivity index (χ4v) is 6.92. The van der Waals surface area contributed by atoms with Gasteiger partial charge in [-0.2, -0.15) is 0 Å². The highest BCUT2D eigenvalue weighted by molar-refractivity contribution is 6.19. The van der Waals surface area contributed by atoms with Gasteiger partial charge in [0.1, 0.15) is 0 Å². The topological polar surface area (TPSA) is 17.0 Å². The molecule has 0 amide bonds. The molecule has 8 aromatic rings. The van der Waals surface area contributed by atoms with Crippen molar-refractivity contribution >= 4 is 48.9 Å². The third-order valence-corrected chi connectivity index (χ3v) is 9.18. The standard InChI is InChI=1S/C43H30N2/c1-2-10-38(11-3-1)45-42-27-35(30-12-14-31(15-13-30)37-9-6-24-44-28-37)19-22-40(42)41-23-20-36-26-34(18-21-39(36)43(41)45)33-17-16-29-7-4-5-8-32(29)25-33/h1-23,25-28,44H,24H2. The van der Waals surface area contributed by atoms with Crippen molar-refractivity contribution in [3.05, 3.63) is 170 Å². The minimum atomic E-state index is 0.887. The van der Waals surface area contributed by atoms with Gasteiger partial charge in [0.05, 0.1) is 11.0 Å². The van der Waals surface area contributed by atoms with Gasteiger partial charge in [-0.1, -0.05) is 127 Å². The first-order valence-electron chi connectivity index (χ1n) is 15.6. The fourth-order valence-electron chi connectivity index (χ4n) is 6.92. The van der Waals surface area contributed by atoms with E-state index < -0.39 is 0 Å². The zero-order valence-corrected chi connectivity index (χ0v) is 24.7. The molecule has 0 saturated carbocycles. The van der Waals surface area contributed by atoms with Gasteiger partial charge in [0.25, 0.3) is 0 Å². The molecule has 2 heteroatoms. The molecule has 0 spiro atoms. The van der Waals surface area contributed by atoms with Crippen LogP contribution in [-0.4, -0.2) is 11.1 Å². The number of hydrogen-bond donors (Lipinski definition) is 1. The van der Waals surface area contributed by atoms with Crippen molar-refractivity contribution in [3.8, 4) is 27.9 Å². The number of rotatable bonds is 4. The second kappa shape index (κ2) is 10.4. The Morgan fingerprint density at radius 2 is 1.09 bits per heavy atom. The largest absolute Gasteiger partial charge is 0.387 e. The maximum absolute atomic E-state index is 3.31. The van der Waals surface area contributed by atoms with E-state index in [-0.39, 0.29) is 0 Å². The van der Waals surface area contributed by atoms with Crippen molar-refractivity contribution in [2.24, 2.45) is 0 Å². The molecule has 0 saturated heterocycles. The molecule has 212 valence electrons. The van der Waals surface area contributed by atoms with Crippen LogP contribution >= 0.6 is 0 Å². The normalized spacial score (nSPS) is 13.0. The number of aromatic nitrogens is 1. The van der Waals surface area contributed by atoms with Crippen molar-refractivity contribution < 1.29 is 0 Å². The molecular formula is C43H30N2. The van der Waals surface area contributed by atoms with Crippen LogP contribution < -0.4 is 5.32 Å². The van der Waals surface area contributed by atoms with E-state index in [1.807, 2.05) is 0 Å². The van der Waals surface area contributed by atoms with Crippen LogP contribution in [0.5, 0.6) is 0 Å². The highest BCUT2D eigenvalue weighted by Crippen LogP contribution is 2.39. The third-order valence-electron chi connectivity index (χ3n) is 9.18. The van der Waals surface area contributed by atoms with Gasteiger partial charge in [-0.3, -0.25) is 0 Å². The van der Waals surface area contributed by atoms with Crippen molar-refractivity contribution in [2.45, 2.75) is 0 Å². The van der Waals surface area contributed by atoms with Gasteiger partial charge in [0.15, 0.2) is 0 Å². The summed E-state index contributed by atoms with van der Waals surface area (Å²) < 4.78 is 2.45. The molecule has 1 aliphatic heterocycles. The first kappa shape index (κ1) is 25.6. The first-order valence-corrected chi connectivity index (χ1v) is 15.6. The highest BCUT2D eigenvalue weighted by Gasteiger charge is 2.16. The van der Waals surface area contributed by atoms with E-state index in [9.17, 15) is 0 Å². The zero-order chi connectivity index (χ0) is 29.7. The van der Waals surface area contributed by atoms with Gasteiger partial charge in [-0.25, -0.2) is 0 Å². The van der Waals surface area contributed by atoms with Crippen molar-refractivity contribution in [1.29, 1.82) is 0 Å². The summed E-state index contributed by atoms with van der Waals surface area (Å²) >= 11 is 0. The smallest absolute Gasteiger partial charge is 0.0619 e. The van der Waals surface area contributed by atoms with Crippen LogP contribution in [0, 0.1) is 0 Å². The lowest BCUT2D eigenvalue weighted by molar-refractivity contribution is 0.976. The Morgan fingerprint density at radius 3 is 1.89 bits per heavy atom. The lowest BCUT2D eigenvalue weighted by Gasteiger charge is -2.12. The summed E-state index contributed by atoms with van der Waals surface area (Å²) in [4.78, 5) is 0. The molecule has 0 bridgehead atoms. The number of nitrogens with one attached hydrogen (secondary N) is 1. The van der Waals surface area contributed by atoms with Gasteiger partial charge < -0.3 is 9.88 Å². The van der Waals surface area contributed by atoms with E-state index in [2.05, 4.69) is 174 Å². The number of dihydropyridines is 1. The number of nitrogens with zero attached hydrogens (tertiary/aromatic N) is 1. The molecule has 2 nitrogen and oxygen atoms in total. The van der Waals surface area contributed by atoms with Gasteiger partial charge in [-0.05, 0) is 79.9 Å². The Bertz CT molecular complexity index is 2460. The summed E-state index contributed by atoms with van der Waals surface area (Å²) in [5.74, 6) is 0. The van der Waals surface area contributed by atoms with E-state index in [1.54, 1.807) is 0 Å². The summed E-state index contributed by atoms with van der Waals surface area (Å²) in [5, 5.41) is 10.9. The monoisotopic (exact) mass is 574 g/mol. The van der Waals surface area contributed by atoms with Crippen molar-refractivity contribution in [3.63, 3.8) is 0 Å². The molecular weight excluding hydrogens is 544 g/mol. The number of allylic oxidation sites excluding steroid dienone is 2. The molecule has 0 unspecified atom stereocenters. The third kappa shape index (κ3) is 4.34. The first-order chi connectivity index (χ1) is 22.3. The van der Waals surface area contributed by atoms with Crippen LogP contribution in [0.1, 0.15) is 5.56 Å². The van der Waals surface area contributed by atoms with Crippen LogP contribution in [0.2, 0.25) is 0 Å². The Kier molecular flexibility index (Phi) is 5.92. The van der Waals surface area contributed by atoms with Gasteiger partial charge >= 0.3 is 0 Å². The van der Waals surface area contributed by atoms with Gasteiger partial charge in [-0.15, -0.1) is 0 Å². The number of hydrogen-bond acceptors (Lipinski definition) is 1. The predicted octanol–water partition coefficient (Wildman–Crippen LogP) is 10.9. The second-order valence-corrected chi connectivity index (χ2v) is 11.9. The van der Waals surface area contributed by atoms with Gasteiger partial charge in [0, 0.05) is 34.6 Å². The van der Waals surface area contributed by atoms with E-state index >= 15 is 0 Å². The van der Waals surface area contributed by atoms with Crippen molar-refractivity contribution in [2.75, 3.05) is 6.54 Å². The number of benzene rings is 7. The minimum Gasteiger partial charge on any atom is -0.387 e. The van der Waals surface area contributed by atoms with Crippen molar-refractivity contribution in [1.82, 2.24) is 9.88 Å². The minimum absolute atomic E-state index is 0.887. The molecule has 45 heavy (non-hydrogen) atoms. The SMILES string of the molecule is C1=CC(c2ccc(-c3ccc4c5ccc6cc(-c7ccc8ccccc8c7)ccc6c5n(-c5ccccc5)c4c3)cc2)=CNC1. The molecule has 0 radical (unpaired) electrons. The Labute approximate surface area is 262 Å². The van der Waals surface area contributed by atoms with E-state index in [1.165, 1.54) is 82.4 Å². The van der Waals surface area contributed by atoms with E-state index in [0.29, 0.717) is 0 Å². The maximum Gasteiger partial charge on any atom is 0.0619 e. The molecule has 7 aromatic carbocycles. The molecule has 1 aromatic heterocycles. The van der Waals surface area contributed by atoms with Gasteiger partial charge in [0.2, 0.25) is 0 Å². The lowest BCUT2D eigenvalue weighted by Crippen LogP contribution is -2.08. The average molecular weight is 575 g/mol. The molecule has 2 heterocycles. The molecule has 1 N–H and O–H groups in total. The lowest BCUT2D eigenvalue weighted by atomic mass is 9.97. The summed E-state index contributed by atoms with van der Waals surface area (Å²) in [5.41, 5.74) is 10.9. The van der Waals surface area contributed by atoms with Crippen LogP contribution in [0.3, 0.4) is 0 Å². The van der Waals surface area contributed by atoms with Crippen LogP contribution in [-0.2, 0) is 0 Å². The molecule has 0 fully saturated rings. The van der Waals surface area contributed by atoms with E-state index in [0.717, 1.165) is 6.54 Å². The zero-order valence-electron chi connectivity index (χ0n) is 24.7. The quantitative estimate of drug-likeness (QED) is 0.221. The van der Waals surface area contributed by atoms with Crippen LogP contribution in [0.4, 0.5) is 0 Å². The summed E-state index contributed by atoms with van der Waals surface area (Å²) in [6.07, 6.45) is 6.44. The predicted molar refractivity (Wildman–Crippen MR) is 192 cm³/mol.